The Bertz CT molecular complexity index is 579. The van der Waals surface area contributed by atoms with Crippen LogP contribution < -0.4 is 20.9 Å². The molecule has 0 aliphatic heterocycles. The molecule has 0 aromatic heterocycles. The highest BCUT2D eigenvalue weighted by molar-refractivity contribution is 7.90. The first-order valence-electron chi connectivity index (χ1n) is 6.04. The molecule has 8 heteroatoms. The van der Waals surface area contributed by atoms with E-state index >= 15 is 0 Å². The molecule has 0 saturated heterocycles. The van der Waals surface area contributed by atoms with Crippen molar-refractivity contribution in [1.82, 2.24) is 0 Å². The second-order valence-corrected chi connectivity index (χ2v) is 6.56. The van der Waals surface area contributed by atoms with E-state index in [1.165, 1.54) is 12.1 Å². The first-order chi connectivity index (χ1) is 9.05. The number of amides is 1. The molecule has 0 radical (unpaired) electrons. The third-order valence-corrected chi connectivity index (χ3v) is 2.92. The number of carbonyl (C=O) groups is 1. The lowest BCUT2D eigenvalue weighted by atomic mass is 10.00. The highest BCUT2D eigenvalue weighted by atomic mass is 32.2. The molecule has 0 fully saturated rings. The van der Waals surface area contributed by atoms with Crippen molar-refractivity contribution in [2.75, 3.05) is 10.0 Å². The summed E-state index contributed by atoms with van der Waals surface area (Å²) >= 11 is 0. The third-order valence-electron chi connectivity index (χ3n) is 2.40. The highest BCUT2D eigenvalue weighted by Crippen LogP contribution is 2.16. The Morgan fingerprint density at radius 2 is 1.90 bits per heavy atom. The number of carbonyl (C=O) groups excluding carboxylic acids is 1. The van der Waals surface area contributed by atoms with Gasteiger partial charge in [0, 0.05) is 17.6 Å². The van der Waals surface area contributed by atoms with Crippen LogP contribution in [0.1, 0.15) is 26.7 Å². The molecule has 0 saturated carbocycles. The standard InChI is InChI=1S/C12H20N4O3S/c1-12(2,13)7-6-11(17)15-9-4-3-5-10(8-9)16-20(14,18)19/h3-5,8,16H,6-7,13H2,1-2H3,(H,15,17)(H2,14,18,19). The van der Waals surface area contributed by atoms with E-state index in [9.17, 15) is 13.2 Å². The molecule has 1 rings (SSSR count). The molecule has 0 bridgehead atoms. The van der Waals surface area contributed by atoms with E-state index in [1.54, 1.807) is 12.1 Å². The van der Waals surface area contributed by atoms with Crippen LogP contribution in [0.25, 0.3) is 0 Å². The van der Waals surface area contributed by atoms with Crippen LogP contribution in [0.3, 0.4) is 0 Å². The molecule has 1 aromatic carbocycles. The molecule has 20 heavy (non-hydrogen) atoms. The van der Waals surface area contributed by atoms with Crippen molar-refractivity contribution >= 4 is 27.5 Å². The normalized spacial score (nSPS) is 12.0. The molecule has 0 spiro atoms. The fourth-order valence-electron chi connectivity index (χ4n) is 1.48. The van der Waals surface area contributed by atoms with Crippen LogP contribution in [0.2, 0.25) is 0 Å². The van der Waals surface area contributed by atoms with Crippen molar-refractivity contribution in [2.45, 2.75) is 32.2 Å². The van der Waals surface area contributed by atoms with E-state index in [2.05, 4.69) is 10.0 Å². The van der Waals surface area contributed by atoms with Crippen molar-refractivity contribution in [3.05, 3.63) is 24.3 Å². The minimum Gasteiger partial charge on any atom is -0.326 e. The topological polar surface area (TPSA) is 127 Å². The lowest BCUT2D eigenvalue weighted by Gasteiger charge is -2.17. The van der Waals surface area contributed by atoms with Crippen molar-refractivity contribution in [3.8, 4) is 0 Å². The summed E-state index contributed by atoms with van der Waals surface area (Å²) in [4.78, 5) is 11.7. The number of benzene rings is 1. The van der Waals surface area contributed by atoms with Gasteiger partial charge >= 0.3 is 0 Å². The van der Waals surface area contributed by atoms with E-state index in [1.807, 2.05) is 13.8 Å². The van der Waals surface area contributed by atoms with Crippen LogP contribution in [-0.4, -0.2) is 19.9 Å². The second kappa shape index (κ2) is 6.21. The lowest BCUT2D eigenvalue weighted by molar-refractivity contribution is -0.116. The fraction of sp³-hybridized carbons (Fsp3) is 0.417. The van der Waals surface area contributed by atoms with Gasteiger partial charge in [0.05, 0.1) is 5.69 Å². The molecule has 0 heterocycles. The van der Waals surface area contributed by atoms with Gasteiger partial charge in [-0.25, -0.2) is 5.14 Å². The van der Waals surface area contributed by atoms with E-state index in [0.717, 1.165) is 0 Å². The number of anilines is 2. The summed E-state index contributed by atoms with van der Waals surface area (Å²) in [5.41, 5.74) is 6.16. The van der Waals surface area contributed by atoms with Crippen molar-refractivity contribution < 1.29 is 13.2 Å². The SMILES string of the molecule is CC(C)(N)CCC(=O)Nc1cccc(NS(N)(=O)=O)c1. The Balaban J connectivity index is 2.64. The lowest BCUT2D eigenvalue weighted by Crippen LogP contribution is -2.33. The average molecular weight is 300 g/mol. The van der Waals surface area contributed by atoms with Gasteiger partial charge in [0.15, 0.2) is 0 Å². The number of hydrogen-bond donors (Lipinski definition) is 4. The molecule has 0 aliphatic rings. The van der Waals surface area contributed by atoms with E-state index in [-0.39, 0.29) is 18.0 Å². The Morgan fingerprint density at radius 3 is 2.45 bits per heavy atom. The highest BCUT2D eigenvalue weighted by Gasteiger charge is 2.13. The Kier molecular flexibility index (Phi) is 5.09. The third kappa shape index (κ3) is 7.07. The Morgan fingerprint density at radius 1 is 1.30 bits per heavy atom. The summed E-state index contributed by atoms with van der Waals surface area (Å²) in [7, 11) is -3.83. The van der Waals surface area contributed by atoms with Gasteiger partial charge in [0.2, 0.25) is 5.91 Å². The quantitative estimate of drug-likeness (QED) is 0.618. The smallest absolute Gasteiger partial charge is 0.296 e. The van der Waals surface area contributed by atoms with Crippen LogP contribution in [0.15, 0.2) is 24.3 Å². The van der Waals surface area contributed by atoms with Gasteiger partial charge in [0.1, 0.15) is 0 Å². The predicted molar refractivity (Wildman–Crippen MR) is 79.3 cm³/mol. The molecule has 6 N–H and O–H groups in total. The van der Waals surface area contributed by atoms with Crippen molar-refractivity contribution in [3.63, 3.8) is 0 Å². The summed E-state index contributed by atoms with van der Waals surface area (Å²) in [5.74, 6) is -0.184. The predicted octanol–water partition coefficient (Wildman–Crippen LogP) is 0.758. The maximum atomic E-state index is 11.7. The molecule has 0 aliphatic carbocycles. The van der Waals surface area contributed by atoms with E-state index in [4.69, 9.17) is 10.9 Å². The van der Waals surface area contributed by atoms with Crippen LogP contribution in [-0.2, 0) is 15.0 Å². The number of rotatable bonds is 6. The summed E-state index contributed by atoms with van der Waals surface area (Å²) in [5, 5.41) is 7.54. The minimum absolute atomic E-state index is 0.184. The number of nitrogens with one attached hydrogen (secondary N) is 2. The molecule has 1 amide bonds. The zero-order valence-corrected chi connectivity index (χ0v) is 12.3. The van der Waals surface area contributed by atoms with Gasteiger partial charge < -0.3 is 11.1 Å². The molecular formula is C12H20N4O3S. The van der Waals surface area contributed by atoms with E-state index < -0.39 is 15.7 Å². The van der Waals surface area contributed by atoms with Crippen molar-refractivity contribution in [1.29, 1.82) is 0 Å². The van der Waals surface area contributed by atoms with Gasteiger partial charge in [0.25, 0.3) is 10.2 Å². The Hall–Kier alpha value is -1.64. The maximum absolute atomic E-state index is 11.7. The largest absolute Gasteiger partial charge is 0.326 e. The zero-order chi connectivity index (χ0) is 15.4. The molecule has 112 valence electrons. The molecule has 0 atom stereocenters. The minimum atomic E-state index is -3.83. The van der Waals surface area contributed by atoms with Crippen molar-refractivity contribution in [2.24, 2.45) is 10.9 Å². The van der Waals surface area contributed by atoms with Gasteiger partial charge in [-0.1, -0.05) is 6.07 Å². The maximum Gasteiger partial charge on any atom is 0.296 e. The van der Waals surface area contributed by atoms with Crippen LogP contribution >= 0.6 is 0 Å². The molecule has 7 nitrogen and oxygen atoms in total. The molecule has 0 unspecified atom stereocenters. The summed E-state index contributed by atoms with van der Waals surface area (Å²) in [6, 6.07) is 6.27. The Labute approximate surface area is 118 Å². The monoisotopic (exact) mass is 300 g/mol. The van der Waals surface area contributed by atoms with E-state index in [0.29, 0.717) is 12.1 Å². The summed E-state index contributed by atoms with van der Waals surface area (Å²) < 4.78 is 24.0. The second-order valence-electron chi connectivity index (χ2n) is 5.26. The summed E-state index contributed by atoms with van der Waals surface area (Å²) in [6.45, 7) is 3.69. The molecular weight excluding hydrogens is 280 g/mol. The fourth-order valence-corrected chi connectivity index (χ4v) is 1.94. The average Bonchev–Trinajstić information content (AvgIpc) is 2.23. The van der Waals surface area contributed by atoms with Crippen LogP contribution in [0.4, 0.5) is 11.4 Å². The van der Waals surface area contributed by atoms with Gasteiger partial charge in [-0.15, -0.1) is 0 Å². The first kappa shape index (κ1) is 16.4. The van der Waals surface area contributed by atoms with Gasteiger partial charge in [-0.05, 0) is 38.5 Å². The van der Waals surface area contributed by atoms with Crippen LogP contribution in [0, 0.1) is 0 Å². The molecule has 1 aromatic rings. The zero-order valence-electron chi connectivity index (χ0n) is 11.5. The van der Waals surface area contributed by atoms with Crippen LogP contribution in [0.5, 0.6) is 0 Å². The van der Waals surface area contributed by atoms with Gasteiger partial charge in [-0.3, -0.25) is 9.52 Å². The number of hydrogen-bond acceptors (Lipinski definition) is 4. The first-order valence-corrected chi connectivity index (χ1v) is 7.59. The number of nitrogens with two attached hydrogens (primary N) is 2. The summed E-state index contributed by atoms with van der Waals surface area (Å²) in [6.07, 6.45) is 0.838. The van der Waals surface area contributed by atoms with Gasteiger partial charge in [-0.2, -0.15) is 8.42 Å².